The SMILES string of the molecule is O=C(c1ccccc1F)N1CCC(c2c[nH]c3cc(F)ccc23)CC1. The average Bonchev–Trinajstić information content (AvgIpc) is 3.04. The normalized spacial score (nSPS) is 15.7. The Morgan fingerprint density at radius 2 is 1.84 bits per heavy atom. The minimum atomic E-state index is -0.478. The van der Waals surface area contributed by atoms with Crippen LogP contribution in [0, 0.1) is 11.6 Å². The number of H-pyrrole nitrogens is 1. The number of nitrogens with zero attached hydrogens (tertiary/aromatic N) is 1. The van der Waals surface area contributed by atoms with Crippen LogP contribution in [0.4, 0.5) is 8.78 Å². The first-order valence-corrected chi connectivity index (χ1v) is 8.44. The first-order valence-electron chi connectivity index (χ1n) is 8.44. The van der Waals surface area contributed by atoms with E-state index in [0.717, 1.165) is 29.3 Å². The van der Waals surface area contributed by atoms with Gasteiger partial charge in [0.1, 0.15) is 11.6 Å². The highest BCUT2D eigenvalue weighted by Crippen LogP contribution is 2.33. The summed E-state index contributed by atoms with van der Waals surface area (Å²) in [6, 6.07) is 10.9. The lowest BCUT2D eigenvalue weighted by molar-refractivity contribution is 0.0708. The van der Waals surface area contributed by atoms with E-state index in [2.05, 4.69) is 4.98 Å². The molecule has 1 aliphatic rings. The number of carbonyl (C=O) groups is 1. The number of aromatic amines is 1. The summed E-state index contributed by atoms with van der Waals surface area (Å²) in [5.41, 5.74) is 2.08. The quantitative estimate of drug-likeness (QED) is 0.734. The van der Waals surface area contributed by atoms with Crippen molar-refractivity contribution in [3.63, 3.8) is 0 Å². The molecular weight excluding hydrogens is 322 g/mol. The lowest BCUT2D eigenvalue weighted by Gasteiger charge is -2.32. The number of halogens is 2. The lowest BCUT2D eigenvalue weighted by Crippen LogP contribution is -2.38. The Morgan fingerprint density at radius 1 is 1.08 bits per heavy atom. The van der Waals surface area contributed by atoms with Crippen molar-refractivity contribution in [2.45, 2.75) is 18.8 Å². The molecule has 0 spiro atoms. The summed E-state index contributed by atoms with van der Waals surface area (Å²) in [6.07, 6.45) is 3.55. The van der Waals surface area contributed by atoms with Crippen molar-refractivity contribution in [1.82, 2.24) is 9.88 Å². The summed E-state index contributed by atoms with van der Waals surface area (Å²) < 4.78 is 27.1. The van der Waals surface area contributed by atoms with Crippen LogP contribution in [0.3, 0.4) is 0 Å². The zero-order valence-electron chi connectivity index (χ0n) is 13.6. The Bertz CT molecular complexity index is 926. The molecule has 5 heteroatoms. The van der Waals surface area contributed by atoms with Gasteiger partial charge in [-0.3, -0.25) is 4.79 Å². The summed E-state index contributed by atoms with van der Waals surface area (Å²) in [6.45, 7) is 1.18. The highest BCUT2D eigenvalue weighted by Gasteiger charge is 2.27. The second-order valence-corrected chi connectivity index (χ2v) is 6.48. The smallest absolute Gasteiger partial charge is 0.256 e. The van der Waals surface area contributed by atoms with Gasteiger partial charge in [0.05, 0.1) is 5.56 Å². The van der Waals surface area contributed by atoms with Gasteiger partial charge < -0.3 is 9.88 Å². The van der Waals surface area contributed by atoms with Crippen molar-refractivity contribution in [2.75, 3.05) is 13.1 Å². The Labute approximate surface area is 144 Å². The van der Waals surface area contributed by atoms with E-state index in [1.165, 1.54) is 24.3 Å². The third-order valence-corrected chi connectivity index (χ3v) is 5.00. The monoisotopic (exact) mass is 340 g/mol. The summed E-state index contributed by atoms with van der Waals surface area (Å²) in [5, 5.41) is 1.03. The zero-order valence-corrected chi connectivity index (χ0v) is 13.6. The van der Waals surface area contributed by atoms with Crippen LogP contribution < -0.4 is 0 Å². The Kier molecular flexibility index (Phi) is 3.99. The maximum Gasteiger partial charge on any atom is 0.256 e. The third kappa shape index (κ3) is 2.90. The fourth-order valence-electron chi connectivity index (χ4n) is 3.66. The van der Waals surface area contributed by atoms with E-state index in [1.807, 2.05) is 6.20 Å². The van der Waals surface area contributed by atoms with Crippen LogP contribution in [0.25, 0.3) is 10.9 Å². The molecule has 1 saturated heterocycles. The predicted octanol–water partition coefficient (Wildman–Crippen LogP) is 4.47. The first-order chi connectivity index (χ1) is 12.1. The second-order valence-electron chi connectivity index (χ2n) is 6.48. The highest BCUT2D eigenvalue weighted by molar-refractivity contribution is 5.94. The van der Waals surface area contributed by atoms with E-state index in [4.69, 9.17) is 0 Å². The second kappa shape index (κ2) is 6.31. The van der Waals surface area contributed by atoms with E-state index < -0.39 is 5.82 Å². The first kappa shape index (κ1) is 15.8. The molecule has 4 rings (SSSR count). The fraction of sp³-hybridized carbons (Fsp3) is 0.250. The summed E-state index contributed by atoms with van der Waals surface area (Å²) in [7, 11) is 0. The zero-order chi connectivity index (χ0) is 17.4. The standard InChI is InChI=1S/C20H18F2N2O/c21-14-5-6-15-17(12-23-19(15)11-14)13-7-9-24(10-8-13)20(25)16-3-1-2-4-18(16)22/h1-6,11-13,23H,7-10H2. The van der Waals surface area contributed by atoms with Crippen LogP contribution in [-0.4, -0.2) is 28.9 Å². The van der Waals surface area contributed by atoms with E-state index in [9.17, 15) is 13.6 Å². The molecule has 2 aromatic carbocycles. The number of piperidine rings is 1. The number of likely N-dealkylation sites (tertiary alicyclic amines) is 1. The van der Waals surface area contributed by atoms with Crippen LogP contribution in [0.5, 0.6) is 0 Å². The van der Waals surface area contributed by atoms with Crippen molar-refractivity contribution >= 4 is 16.8 Å². The number of rotatable bonds is 2. The van der Waals surface area contributed by atoms with Gasteiger partial charge in [0.25, 0.3) is 5.91 Å². The van der Waals surface area contributed by atoms with Gasteiger partial charge >= 0.3 is 0 Å². The lowest BCUT2D eigenvalue weighted by atomic mass is 9.89. The molecule has 1 amide bonds. The number of benzene rings is 2. The number of hydrogen-bond acceptors (Lipinski definition) is 1. The van der Waals surface area contributed by atoms with Crippen molar-refractivity contribution in [3.8, 4) is 0 Å². The highest BCUT2D eigenvalue weighted by atomic mass is 19.1. The van der Waals surface area contributed by atoms with Gasteiger partial charge in [0.15, 0.2) is 0 Å². The third-order valence-electron chi connectivity index (χ3n) is 5.00. The number of nitrogens with one attached hydrogen (secondary N) is 1. The number of hydrogen-bond donors (Lipinski definition) is 1. The molecule has 25 heavy (non-hydrogen) atoms. The topological polar surface area (TPSA) is 36.1 Å². The largest absolute Gasteiger partial charge is 0.361 e. The fourth-order valence-corrected chi connectivity index (χ4v) is 3.66. The van der Waals surface area contributed by atoms with Crippen molar-refractivity contribution in [3.05, 3.63) is 71.4 Å². The van der Waals surface area contributed by atoms with Gasteiger partial charge in [-0.05, 0) is 54.7 Å². The number of fused-ring (bicyclic) bond motifs is 1. The summed E-state index contributed by atoms with van der Waals surface area (Å²) in [4.78, 5) is 17.3. The molecular formula is C20H18F2N2O. The van der Waals surface area contributed by atoms with E-state index in [1.54, 1.807) is 23.1 Å². The van der Waals surface area contributed by atoms with Crippen molar-refractivity contribution in [1.29, 1.82) is 0 Å². The summed E-state index contributed by atoms with van der Waals surface area (Å²) >= 11 is 0. The van der Waals surface area contributed by atoms with Crippen LogP contribution >= 0.6 is 0 Å². The van der Waals surface area contributed by atoms with Gasteiger partial charge in [-0.2, -0.15) is 0 Å². The van der Waals surface area contributed by atoms with Crippen molar-refractivity contribution < 1.29 is 13.6 Å². The van der Waals surface area contributed by atoms with Gasteiger partial charge in [0.2, 0.25) is 0 Å². The summed E-state index contributed by atoms with van der Waals surface area (Å²) in [5.74, 6) is -0.680. The minimum Gasteiger partial charge on any atom is -0.361 e. The van der Waals surface area contributed by atoms with Crippen LogP contribution in [-0.2, 0) is 0 Å². The minimum absolute atomic E-state index is 0.128. The molecule has 0 atom stereocenters. The van der Waals surface area contributed by atoms with E-state index in [-0.39, 0.29) is 17.3 Å². The Balaban J connectivity index is 1.49. The predicted molar refractivity (Wildman–Crippen MR) is 92.5 cm³/mol. The molecule has 2 heterocycles. The number of aromatic nitrogens is 1. The Morgan fingerprint density at radius 3 is 2.60 bits per heavy atom. The maximum absolute atomic E-state index is 13.8. The molecule has 0 bridgehead atoms. The Hall–Kier alpha value is -2.69. The van der Waals surface area contributed by atoms with Crippen LogP contribution in [0.1, 0.15) is 34.7 Å². The van der Waals surface area contributed by atoms with Gasteiger partial charge in [-0.25, -0.2) is 8.78 Å². The molecule has 1 aromatic heterocycles. The molecule has 1 aliphatic heterocycles. The molecule has 1 fully saturated rings. The van der Waals surface area contributed by atoms with Gasteiger partial charge in [0, 0.05) is 30.2 Å². The van der Waals surface area contributed by atoms with E-state index in [0.29, 0.717) is 19.0 Å². The number of carbonyl (C=O) groups excluding carboxylic acids is 1. The molecule has 0 radical (unpaired) electrons. The molecule has 0 unspecified atom stereocenters. The maximum atomic E-state index is 13.8. The van der Waals surface area contributed by atoms with Crippen molar-refractivity contribution in [2.24, 2.45) is 0 Å². The van der Waals surface area contributed by atoms with Crippen LogP contribution in [0.2, 0.25) is 0 Å². The molecule has 0 aliphatic carbocycles. The molecule has 128 valence electrons. The molecule has 0 saturated carbocycles. The number of amides is 1. The van der Waals surface area contributed by atoms with Gasteiger partial charge in [-0.15, -0.1) is 0 Å². The molecule has 3 nitrogen and oxygen atoms in total. The van der Waals surface area contributed by atoms with Crippen LogP contribution in [0.15, 0.2) is 48.7 Å². The molecule has 1 N–H and O–H groups in total. The molecule has 3 aromatic rings. The average molecular weight is 340 g/mol. The van der Waals surface area contributed by atoms with Gasteiger partial charge in [-0.1, -0.05) is 12.1 Å². The van der Waals surface area contributed by atoms with E-state index >= 15 is 0 Å².